The summed E-state index contributed by atoms with van der Waals surface area (Å²) in [5.74, 6) is 1.54. The average Bonchev–Trinajstić information content (AvgIpc) is 2.95. The molecule has 2 aromatic rings. The molecule has 1 aliphatic rings. The third kappa shape index (κ3) is 2.28. The summed E-state index contributed by atoms with van der Waals surface area (Å²) in [6.45, 7) is 2.88. The number of hydrogen-bond acceptors (Lipinski definition) is 6. The van der Waals surface area contributed by atoms with Gasteiger partial charge in [-0.1, -0.05) is 11.3 Å². The Labute approximate surface area is 116 Å². The van der Waals surface area contributed by atoms with E-state index in [2.05, 4.69) is 31.4 Å². The molecule has 0 atom stereocenters. The van der Waals surface area contributed by atoms with Crippen LogP contribution in [-0.4, -0.2) is 17.0 Å². The largest absolute Gasteiger partial charge is 0.454 e. The molecule has 0 saturated heterocycles. The van der Waals surface area contributed by atoms with Gasteiger partial charge >= 0.3 is 0 Å². The number of fused-ring (bicyclic) bond motifs is 1. The highest BCUT2D eigenvalue weighted by Crippen LogP contribution is 2.40. The van der Waals surface area contributed by atoms with E-state index < -0.39 is 0 Å². The summed E-state index contributed by atoms with van der Waals surface area (Å²) in [6.07, 6.45) is 0. The lowest BCUT2D eigenvalue weighted by Gasteiger charge is -2.05. The minimum atomic E-state index is 0.278. The number of nitrogens with one attached hydrogen (secondary N) is 1. The van der Waals surface area contributed by atoms with Gasteiger partial charge in [-0.15, -0.1) is 10.2 Å². The molecule has 1 aromatic heterocycles. The van der Waals surface area contributed by atoms with Crippen LogP contribution in [0.1, 0.15) is 10.6 Å². The molecule has 18 heavy (non-hydrogen) atoms. The van der Waals surface area contributed by atoms with E-state index in [4.69, 9.17) is 9.47 Å². The van der Waals surface area contributed by atoms with Gasteiger partial charge in [-0.3, -0.25) is 0 Å². The Morgan fingerprint density at radius 3 is 3.06 bits per heavy atom. The van der Waals surface area contributed by atoms with Crippen molar-refractivity contribution in [1.82, 2.24) is 10.2 Å². The first-order chi connectivity index (χ1) is 8.72. The van der Waals surface area contributed by atoms with Crippen molar-refractivity contribution < 1.29 is 9.47 Å². The van der Waals surface area contributed by atoms with Gasteiger partial charge in [0.25, 0.3) is 0 Å². The van der Waals surface area contributed by atoms with Crippen LogP contribution >= 0.6 is 27.3 Å². The van der Waals surface area contributed by atoms with Crippen molar-refractivity contribution in [3.05, 3.63) is 27.2 Å². The number of aromatic nitrogens is 2. The van der Waals surface area contributed by atoms with Gasteiger partial charge < -0.3 is 14.8 Å². The molecule has 0 amide bonds. The molecule has 5 nitrogen and oxygen atoms in total. The van der Waals surface area contributed by atoms with Crippen molar-refractivity contribution in [2.45, 2.75) is 13.5 Å². The highest BCUT2D eigenvalue weighted by molar-refractivity contribution is 9.10. The first-order valence-corrected chi connectivity index (χ1v) is 6.95. The van der Waals surface area contributed by atoms with Crippen LogP contribution in [0.3, 0.4) is 0 Å². The SMILES string of the molecule is Cc1nnc(NCc2cc(Br)c3c(c2)OCO3)s1. The fourth-order valence-corrected chi connectivity index (χ4v) is 2.86. The van der Waals surface area contributed by atoms with E-state index in [0.717, 1.165) is 31.7 Å². The molecule has 0 saturated carbocycles. The quantitative estimate of drug-likeness (QED) is 0.939. The van der Waals surface area contributed by atoms with Crippen molar-refractivity contribution in [3.63, 3.8) is 0 Å². The standard InChI is InChI=1S/C11H10BrN3O2S/c1-6-14-15-11(18-6)13-4-7-2-8(12)10-9(3-7)16-5-17-10/h2-3H,4-5H2,1H3,(H,13,15). The van der Waals surface area contributed by atoms with E-state index in [1.807, 2.05) is 19.1 Å². The third-order valence-corrected chi connectivity index (χ3v) is 3.84. The maximum Gasteiger partial charge on any atom is 0.231 e. The second kappa shape index (κ2) is 4.74. The Morgan fingerprint density at radius 2 is 2.28 bits per heavy atom. The normalized spacial score (nSPS) is 12.8. The summed E-state index contributed by atoms with van der Waals surface area (Å²) in [5.41, 5.74) is 1.10. The zero-order chi connectivity index (χ0) is 12.5. The molecule has 0 unspecified atom stereocenters. The molecule has 0 bridgehead atoms. The van der Waals surface area contributed by atoms with Crippen molar-refractivity contribution >= 4 is 32.4 Å². The van der Waals surface area contributed by atoms with Crippen LogP contribution in [0.2, 0.25) is 0 Å². The number of anilines is 1. The topological polar surface area (TPSA) is 56.3 Å². The average molecular weight is 328 g/mol. The van der Waals surface area contributed by atoms with Crippen LogP contribution in [-0.2, 0) is 6.54 Å². The predicted octanol–water partition coefficient (Wildman–Crippen LogP) is 2.95. The van der Waals surface area contributed by atoms with Gasteiger partial charge in [0.05, 0.1) is 4.47 Å². The highest BCUT2D eigenvalue weighted by Gasteiger charge is 2.17. The first kappa shape index (κ1) is 11.7. The van der Waals surface area contributed by atoms with Gasteiger partial charge in [0.2, 0.25) is 11.9 Å². The molecule has 3 rings (SSSR count). The molecular formula is C11H10BrN3O2S. The summed E-state index contributed by atoms with van der Waals surface area (Å²) in [5, 5.41) is 13.0. The maximum atomic E-state index is 5.37. The van der Waals surface area contributed by atoms with Crippen LogP contribution in [0, 0.1) is 6.92 Å². The smallest absolute Gasteiger partial charge is 0.231 e. The summed E-state index contributed by atoms with van der Waals surface area (Å²) in [4.78, 5) is 0. The predicted molar refractivity (Wildman–Crippen MR) is 72.2 cm³/mol. The van der Waals surface area contributed by atoms with Crippen LogP contribution in [0.5, 0.6) is 11.5 Å². The Bertz CT molecular complexity index is 588. The number of hydrogen-bond donors (Lipinski definition) is 1. The van der Waals surface area contributed by atoms with Gasteiger partial charge in [-0.25, -0.2) is 0 Å². The van der Waals surface area contributed by atoms with E-state index in [9.17, 15) is 0 Å². The molecular weight excluding hydrogens is 318 g/mol. The summed E-state index contributed by atoms with van der Waals surface area (Å²) in [6, 6.07) is 3.97. The van der Waals surface area contributed by atoms with Gasteiger partial charge in [-0.05, 0) is 40.5 Å². The third-order valence-electron chi connectivity index (χ3n) is 2.46. The van der Waals surface area contributed by atoms with Gasteiger partial charge in [-0.2, -0.15) is 0 Å². The molecule has 1 N–H and O–H groups in total. The Hall–Kier alpha value is -1.34. The lowest BCUT2D eigenvalue weighted by atomic mass is 10.2. The number of aryl methyl sites for hydroxylation is 1. The summed E-state index contributed by atoms with van der Waals surface area (Å²) in [7, 11) is 0. The second-order valence-electron chi connectivity index (χ2n) is 3.79. The van der Waals surface area contributed by atoms with Crippen molar-refractivity contribution in [2.75, 3.05) is 12.1 Å². The number of rotatable bonds is 3. The Kier molecular flexibility index (Phi) is 3.09. The lowest BCUT2D eigenvalue weighted by Crippen LogP contribution is -1.99. The van der Waals surface area contributed by atoms with Gasteiger partial charge in [0.1, 0.15) is 5.01 Å². The second-order valence-corrected chi connectivity index (χ2v) is 5.83. The number of ether oxygens (including phenoxy) is 2. The number of halogens is 1. The van der Waals surface area contributed by atoms with Gasteiger partial charge in [0, 0.05) is 6.54 Å². The first-order valence-electron chi connectivity index (χ1n) is 5.34. The van der Waals surface area contributed by atoms with E-state index in [1.165, 1.54) is 11.3 Å². The molecule has 94 valence electrons. The van der Waals surface area contributed by atoms with E-state index in [0.29, 0.717) is 6.54 Å². The molecule has 1 aromatic carbocycles. The molecule has 0 fully saturated rings. The summed E-state index contributed by atoms with van der Waals surface area (Å²) >= 11 is 5.01. The molecule has 7 heteroatoms. The number of benzene rings is 1. The zero-order valence-corrected chi connectivity index (χ0v) is 12.0. The summed E-state index contributed by atoms with van der Waals surface area (Å²) < 4.78 is 11.6. The highest BCUT2D eigenvalue weighted by atomic mass is 79.9. The molecule has 2 heterocycles. The monoisotopic (exact) mass is 327 g/mol. The van der Waals surface area contributed by atoms with E-state index in [1.54, 1.807) is 0 Å². The van der Waals surface area contributed by atoms with E-state index >= 15 is 0 Å². The fraction of sp³-hybridized carbons (Fsp3) is 0.273. The van der Waals surface area contributed by atoms with Crippen molar-refractivity contribution in [3.8, 4) is 11.5 Å². The number of nitrogens with zero attached hydrogens (tertiary/aromatic N) is 2. The van der Waals surface area contributed by atoms with E-state index in [-0.39, 0.29) is 6.79 Å². The van der Waals surface area contributed by atoms with Crippen molar-refractivity contribution in [2.24, 2.45) is 0 Å². The fourth-order valence-electron chi connectivity index (χ4n) is 1.67. The maximum absolute atomic E-state index is 5.37. The minimum absolute atomic E-state index is 0.278. The molecule has 0 spiro atoms. The zero-order valence-electron chi connectivity index (χ0n) is 9.57. The van der Waals surface area contributed by atoms with Crippen molar-refractivity contribution in [1.29, 1.82) is 0 Å². The molecule has 1 aliphatic heterocycles. The minimum Gasteiger partial charge on any atom is -0.454 e. The van der Waals surface area contributed by atoms with Crippen LogP contribution in [0.25, 0.3) is 0 Å². The van der Waals surface area contributed by atoms with Gasteiger partial charge in [0.15, 0.2) is 11.5 Å². The molecule has 0 aliphatic carbocycles. The van der Waals surface area contributed by atoms with Crippen LogP contribution < -0.4 is 14.8 Å². The molecule has 0 radical (unpaired) electrons. The van der Waals surface area contributed by atoms with Crippen LogP contribution in [0.4, 0.5) is 5.13 Å². The lowest BCUT2D eigenvalue weighted by molar-refractivity contribution is 0.173. The van der Waals surface area contributed by atoms with Crippen LogP contribution in [0.15, 0.2) is 16.6 Å². The Balaban J connectivity index is 1.75. The Morgan fingerprint density at radius 1 is 1.39 bits per heavy atom.